The standard InChI is InChI=1S/C13H22N2OS/c1-8(13-9(2)17-10(3)15-13)14-11-6-5-7-12(11)16-4/h8,11-12,14H,5-7H2,1-4H3. The highest BCUT2D eigenvalue weighted by Crippen LogP contribution is 2.27. The lowest BCUT2D eigenvalue weighted by molar-refractivity contribution is 0.0818. The molecule has 96 valence electrons. The van der Waals surface area contributed by atoms with Crippen LogP contribution in [0.25, 0.3) is 0 Å². The van der Waals surface area contributed by atoms with Gasteiger partial charge in [-0.15, -0.1) is 11.3 Å². The van der Waals surface area contributed by atoms with Crippen molar-refractivity contribution in [3.05, 3.63) is 15.6 Å². The summed E-state index contributed by atoms with van der Waals surface area (Å²) >= 11 is 1.78. The Morgan fingerprint density at radius 3 is 2.76 bits per heavy atom. The Morgan fingerprint density at radius 1 is 1.41 bits per heavy atom. The first-order valence-electron chi connectivity index (χ1n) is 6.34. The minimum absolute atomic E-state index is 0.320. The zero-order chi connectivity index (χ0) is 12.4. The van der Waals surface area contributed by atoms with E-state index in [0.717, 1.165) is 5.01 Å². The van der Waals surface area contributed by atoms with E-state index >= 15 is 0 Å². The molecule has 0 aromatic carbocycles. The molecule has 1 aromatic heterocycles. The second kappa shape index (κ2) is 5.46. The third-order valence-electron chi connectivity index (χ3n) is 3.57. The first-order valence-corrected chi connectivity index (χ1v) is 7.16. The summed E-state index contributed by atoms with van der Waals surface area (Å²) in [6.07, 6.45) is 4.02. The summed E-state index contributed by atoms with van der Waals surface area (Å²) in [6.45, 7) is 6.43. The number of ether oxygens (including phenoxy) is 1. The maximum absolute atomic E-state index is 5.52. The van der Waals surface area contributed by atoms with Crippen molar-refractivity contribution in [2.75, 3.05) is 7.11 Å². The predicted molar refractivity (Wildman–Crippen MR) is 71.6 cm³/mol. The van der Waals surface area contributed by atoms with Crippen molar-refractivity contribution in [2.24, 2.45) is 0 Å². The van der Waals surface area contributed by atoms with Gasteiger partial charge in [-0.2, -0.15) is 0 Å². The molecular weight excluding hydrogens is 232 g/mol. The van der Waals surface area contributed by atoms with Gasteiger partial charge in [0.25, 0.3) is 0 Å². The highest BCUT2D eigenvalue weighted by atomic mass is 32.1. The average molecular weight is 254 g/mol. The highest BCUT2D eigenvalue weighted by molar-refractivity contribution is 7.11. The largest absolute Gasteiger partial charge is 0.380 e. The van der Waals surface area contributed by atoms with E-state index in [2.05, 4.69) is 31.1 Å². The van der Waals surface area contributed by atoms with E-state index in [1.165, 1.54) is 29.8 Å². The Balaban J connectivity index is 2.01. The summed E-state index contributed by atoms with van der Waals surface area (Å²) in [6, 6.07) is 0.803. The minimum Gasteiger partial charge on any atom is -0.380 e. The minimum atomic E-state index is 0.320. The fraction of sp³-hybridized carbons (Fsp3) is 0.769. The molecule has 1 N–H and O–H groups in total. The molecule has 3 unspecified atom stereocenters. The van der Waals surface area contributed by atoms with Crippen molar-refractivity contribution in [3.8, 4) is 0 Å². The van der Waals surface area contributed by atoms with Crippen LogP contribution in [-0.4, -0.2) is 24.2 Å². The van der Waals surface area contributed by atoms with Crippen molar-refractivity contribution < 1.29 is 4.74 Å². The van der Waals surface area contributed by atoms with Gasteiger partial charge in [0, 0.05) is 24.1 Å². The van der Waals surface area contributed by atoms with Crippen LogP contribution in [0.5, 0.6) is 0 Å². The Kier molecular flexibility index (Phi) is 4.17. The molecule has 0 amide bonds. The van der Waals surface area contributed by atoms with E-state index in [1.807, 2.05) is 7.11 Å². The molecular formula is C13H22N2OS. The van der Waals surface area contributed by atoms with Gasteiger partial charge in [-0.25, -0.2) is 4.98 Å². The molecule has 3 nitrogen and oxygen atoms in total. The molecule has 0 saturated heterocycles. The number of aromatic nitrogens is 1. The Bertz CT molecular complexity index is 377. The van der Waals surface area contributed by atoms with Gasteiger partial charge in [-0.1, -0.05) is 0 Å². The molecule has 0 aliphatic heterocycles. The van der Waals surface area contributed by atoms with Gasteiger partial charge in [-0.05, 0) is 40.0 Å². The van der Waals surface area contributed by atoms with Crippen LogP contribution in [-0.2, 0) is 4.74 Å². The van der Waals surface area contributed by atoms with Crippen molar-refractivity contribution >= 4 is 11.3 Å². The van der Waals surface area contributed by atoms with Gasteiger partial charge in [0.2, 0.25) is 0 Å². The molecule has 1 fully saturated rings. The number of thiazole rings is 1. The lowest BCUT2D eigenvalue weighted by atomic mass is 10.1. The Labute approximate surface area is 108 Å². The molecule has 0 bridgehead atoms. The van der Waals surface area contributed by atoms with Crippen LogP contribution in [0.15, 0.2) is 0 Å². The summed E-state index contributed by atoms with van der Waals surface area (Å²) in [5.74, 6) is 0. The third-order valence-corrected chi connectivity index (χ3v) is 4.47. The quantitative estimate of drug-likeness (QED) is 0.897. The van der Waals surface area contributed by atoms with Crippen molar-refractivity contribution in [1.82, 2.24) is 10.3 Å². The maximum Gasteiger partial charge on any atom is 0.0900 e. The summed E-state index contributed by atoms with van der Waals surface area (Å²) in [5, 5.41) is 4.82. The van der Waals surface area contributed by atoms with E-state index in [4.69, 9.17) is 4.74 Å². The molecule has 1 aromatic rings. The van der Waals surface area contributed by atoms with Gasteiger partial charge in [0.15, 0.2) is 0 Å². The fourth-order valence-corrected chi connectivity index (χ4v) is 3.66. The summed E-state index contributed by atoms with van der Waals surface area (Å²) < 4.78 is 5.52. The topological polar surface area (TPSA) is 34.1 Å². The zero-order valence-electron chi connectivity index (χ0n) is 11.1. The van der Waals surface area contributed by atoms with Crippen LogP contribution in [0.1, 0.15) is 47.8 Å². The number of nitrogens with one attached hydrogen (secondary N) is 1. The molecule has 1 aliphatic carbocycles. The summed E-state index contributed by atoms with van der Waals surface area (Å²) in [4.78, 5) is 5.95. The van der Waals surface area contributed by atoms with Crippen molar-refractivity contribution in [3.63, 3.8) is 0 Å². The summed E-state index contributed by atoms with van der Waals surface area (Å²) in [7, 11) is 1.81. The number of rotatable bonds is 4. The van der Waals surface area contributed by atoms with Gasteiger partial charge in [0.05, 0.1) is 16.8 Å². The van der Waals surface area contributed by atoms with E-state index in [9.17, 15) is 0 Å². The average Bonchev–Trinajstić information content (AvgIpc) is 2.84. The zero-order valence-corrected chi connectivity index (χ0v) is 11.9. The van der Waals surface area contributed by atoms with Crippen molar-refractivity contribution in [1.29, 1.82) is 0 Å². The van der Waals surface area contributed by atoms with E-state index in [-0.39, 0.29) is 0 Å². The highest BCUT2D eigenvalue weighted by Gasteiger charge is 2.29. The Hall–Kier alpha value is -0.450. The summed E-state index contributed by atoms with van der Waals surface area (Å²) in [5.41, 5.74) is 1.20. The van der Waals surface area contributed by atoms with Gasteiger partial charge in [0.1, 0.15) is 0 Å². The Morgan fingerprint density at radius 2 is 2.18 bits per heavy atom. The second-order valence-electron chi connectivity index (χ2n) is 4.87. The van der Waals surface area contributed by atoms with Gasteiger partial charge in [-0.3, -0.25) is 0 Å². The first-order chi connectivity index (χ1) is 8.11. The molecule has 2 rings (SSSR count). The predicted octanol–water partition coefficient (Wildman–Crippen LogP) is 2.98. The third kappa shape index (κ3) is 2.87. The number of nitrogens with zero attached hydrogens (tertiary/aromatic N) is 1. The lowest BCUT2D eigenvalue weighted by Crippen LogP contribution is -2.38. The second-order valence-corrected chi connectivity index (χ2v) is 6.28. The van der Waals surface area contributed by atoms with E-state index in [1.54, 1.807) is 11.3 Å². The van der Waals surface area contributed by atoms with Crippen LogP contribution < -0.4 is 5.32 Å². The van der Waals surface area contributed by atoms with Gasteiger partial charge < -0.3 is 10.1 Å². The van der Waals surface area contributed by atoms with Crippen LogP contribution in [0.2, 0.25) is 0 Å². The molecule has 0 spiro atoms. The smallest absolute Gasteiger partial charge is 0.0900 e. The molecule has 4 heteroatoms. The van der Waals surface area contributed by atoms with E-state index < -0.39 is 0 Å². The molecule has 0 radical (unpaired) electrons. The number of hydrogen-bond acceptors (Lipinski definition) is 4. The van der Waals surface area contributed by atoms with E-state index in [0.29, 0.717) is 18.2 Å². The molecule has 17 heavy (non-hydrogen) atoms. The fourth-order valence-electron chi connectivity index (χ4n) is 2.75. The lowest BCUT2D eigenvalue weighted by Gasteiger charge is -2.23. The first kappa shape index (κ1) is 13.0. The van der Waals surface area contributed by atoms with Crippen LogP contribution >= 0.6 is 11.3 Å². The molecule has 1 saturated carbocycles. The molecule has 3 atom stereocenters. The monoisotopic (exact) mass is 254 g/mol. The van der Waals surface area contributed by atoms with Gasteiger partial charge >= 0.3 is 0 Å². The number of hydrogen-bond donors (Lipinski definition) is 1. The van der Waals surface area contributed by atoms with Crippen LogP contribution in [0.3, 0.4) is 0 Å². The molecule has 1 aliphatic rings. The normalized spacial score (nSPS) is 26.4. The number of aryl methyl sites for hydroxylation is 2. The maximum atomic E-state index is 5.52. The van der Waals surface area contributed by atoms with Crippen molar-refractivity contribution in [2.45, 2.75) is 58.2 Å². The SMILES string of the molecule is COC1CCCC1NC(C)c1nc(C)sc1C. The van der Waals surface area contributed by atoms with Crippen LogP contribution in [0.4, 0.5) is 0 Å². The molecule has 1 heterocycles. The number of methoxy groups -OCH3 is 1. The van der Waals surface area contributed by atoms with Crippen LogP contribution in [0, 0.1) is 13.8 Å².